The van der Waals surface area contributed by atoms with E-state index >= 15 is 0 Å². The third-order valence-electron chi connectivity index (χ3n) is 6.57. The van der Waals surface area contributed by atoms with Crippen LogP contribution in [0.1, 0.15) is 80.9 Å². The molecule has 1 aliphatic carbocycles. The minimum absolute atomic E-state index is 0.0550. The third-order valence-corrected chi connectivity index (χ3v) is 6.57. The van der Waals surface area contributed by atoms with Crippen molar-refractivity contribution in [3.63, 3.8) is 0 Å². The van der Waals surface area contributed by atoms with Crippen molar-refractivity contribution < 1.29 is 9.32 Å². The summed E-state index contributed by atoms with van der Waals surface area (Å²) in [6.07, 6.45) is 9.72. The maximum atomic E-state index is 11.0. The summed E-state index contributed by atoms with van der Waals surface area (Å²) < 4.78 is 5.76. The molecule has 36 heavy (non-hydrogen) atoms. The lowest BCUT2D eigenvalue weighted by Crippen LogP contribution is -2.31. The largest absolute Gasteiger partial charge is 0.383 e. The third kappa shape index (κ3) is 4.77. The second-order valence-corrected chi connectivity index (χ2v) is 10.5. The summed E-state index contributed by atoms with van der Waals surface area (Å²) in [6.45, 7) is 7.48. The van der Waals surface area contributed by atoms with E-state index in [4.69, 9.17) is 15.7 Å². The molecule has 1 aliphatic heterocycles. The highest BCUT2D eigenvalue weighted by Crippen LogP contribution is 2.45. The predicted molar refractivity (Wildman–Crippen MR) is 135 cm³/mol. The average molecular weight is 490 g/mol. The van der Waals surface area contributed by atoms with E-state index in [1.54, 1.807) is 4.90 Å². The molecule has 1 saturated heterocycles. The molecule has 4 N–H and O–H groups in total. The smallest absolute Gasteiger partial charge is 0.209 e. The van der Waals surface area contributed by atoms with Crippen molar-refractivity contribution in [2.75, 3.05) is 24.1 Å². The molecule has 0 atom stereocenters. The first-order valence-corrected chi connectivity index (χ1v) is 12.2. The lowest BCUT2D eigenvalue weighted by Gasteiger charge is -2.29. The number of piperidine rings is 1. The summed E-state index contributed by atoms with van der Waals surface area (Å²) in [4.78, 5) is 30.6. The first-order valence-electron chi connectivity index (χ1n) is 12.2. The van der Waals surface area contributed by atoms with Gasteiger partial charge in [-0.05, 0) is 57.9 Å². The first-order chi connectivity index (χ1) is 17.2. The number of hydrogen-bond acceptors (Lipinski definition) is 10. The minimum atomic E-state index is -0.303. The van der Waals surface area contributed by atoms with Crippen LogP contribution in [0.15, 0.2) is 23.2 Å². The number of anilines is 2. The van der Waals surface area contributed by atoms with Crippen molar-refractivity contribution in [3.8, 4) is 11.4 Å². The molecular weight excluding hydrogens is 458 g/mol. The van der Waals surface area contributed by atoms with Gasteiger partial charge < -0.3 is 20.5 Å². The summed E-state index contributed by atoms with van der Waals surface area (Å²) >= 11 is 0. The average Bonchev–Trinajstić information content (AvgIpc) is 3.61. The van der Waals surface area contributed by atoms with Crippen LogP contribution in [0.4, 0.5) is 11.6 Å². The molecule has 2 aliphatic rings. The zero-order chi connectivity index (χ0) is 25.4. The van der Waals surface area contributed by atoms with Gasteiger partial charge in [0.05, 0.1) is 16.8 Å². The summed E-state index contributed by atoms with van der Waals surface area (Å²) in [6, 6.07) is 0. The number of nitrogen functional groups attached to an aromatic ring is 1. The monoisotopic (exact) mass is 489 g/mol. The highest BCUT2D eigenvalue weighted by atomic mass is 16.5. The van der Waals surface area contributed by atoms with Crippen LogP contribution >= 0.6 is 0 Å². The van der Waals surface area contributed by atoms with Gasteiger partial charge in [-0.15, -0.1) is 0 Å². The Morgan fingerprint density at radius 2 is 1.81 bits per heavy atom. The normalized spacial score (nSPS) is 16.7. The first kappa shape index (κ1) is 23.8. The molecule has 3 aromatic heterocycles. The molecule has 11 heteroatoms. The molecule has 4 heterocycles. The van der Waals surface area contributed by atoms with Crippen molar-refractivity contribution >= 4 is 23.8 Å². The van der Waals surface area contributed by atoms with Crippen LogP contribution in [-0.2, 0) is 4.79 Å². The number of hydrogen-bond donors (Lipinski definition) is 3. The van der Waals surface area contributed by atoms with E-state index in [-0.39, 0.29) is 23.0 Å². The Balaban J connectivity index is 1.50. The topological polar surface area (TPSA) is 160 Å². The van der Waals surface area contributed by atoms with Crippen LogP contribution < -0.4 is 11.1 Å². The molecular formula is C25H31N9O2. The number of carbonyl (C=O) groups excluding carboxylic acids is 1. The van der Waals surface area contributed by atoms with Gasteiger partial charge in [-0.2, -0.15) is 0 Å². The van der Waals surface area contributed by atoms with Crippen LogP contribution in [0.2, 0.25) is 0 Å². The van der Waals surface area contributed by atoms with E-state index in [1.165, 1.54) is 6.33 Å². The number of rotatable bonds is 7. The minimum Gasteiger partial charge on any atom is -0.383 e. The predicted octanol–water partition coefficient (Wildman–Crippen LogP) is 3.34. The summed E-state index contributed by atoms with van der Waals surface area (Å²) in [5, 5.41) is 16.6. The molecule has 3 aromatic rings. The number of amides is 1. The van der Waals surface area contributed by atoms with Crippen LogP contribution in [0, 0.1) is 5.41 Å². The molecule has 5 rings (SSSR count). The molecule has 0 unspecified atom stereocenters. The number of nitrogens with two attached hydrogens (primary N) is 1. The Morgan fingerprint density at radius 3 is 2.42 bits per heavy atom. The second-order valence-electron chi connectivity index (χ2n) is 10.5. The van der Waals surface area contributed by atoms with Crippen molar-refractivity contribution in [1.82, 2.24) is 30.0 Å². The molecule has 188 valence electrons. The van der Waals surface area contributed by atoms with Crippen molar-refractivity contribution in [2.45, 2.75) is 63.8 Å². The fraction of sp³-hybridized carbons (Fsp3) is 0.480. The molecule has 2 fully saturated rings. The Hall–Kier alpha value is -3.89. The number of likely N-dealkylation sites (tertiary alicyclic amines) is 1. The number of nitrogens with one attached hydrogen (secondary N) is 2. The van der Waals surface area contributed by atoms with Gasteiger partial charge in [0, 0.05) is 36.9 Å². The van der Waals surface area contributed by atoms with E-state index in [9.17, 15) is 4.79 Å². The Kier molecular flexibility index (Phi) is 6.15. The van der Waals surface area contributed by atoms with Gasteiger partial charge in [-0.1, -0.05) is 5.16 Å². The SMILES string of the molecule is CC(C)(C)Nc1ncnc(N)c1C(=N)c1noc(C2CC2)c1-c1ncc(C2CCN(C=O)CC2)cn1. The fourth-order valence-electron chi connectivity index (χ4n) is 4.54. The van der Waals surface area contributed by atoms with Crippen LogP contribution in [-0.4, -0.2) is 60.7 Å². The van der Waals surface area contributed by atoms with Crippen LogP contribution in [0.25, 0.3) is 11.4 Å². The van der Waals surface area contributed by atoms with Crippen molar-refractivity contribution in [1.29, 1.82) is 5.41 Å². The Morgan fingerprint density at radius 1 is 1.11 bits per heavy atom. The number of carbonyl (C=O) groups is 1. The molecule has 1 saturated carbocycles. The lowest BCUT2D eigenvalue weighted by molar-refractivity contribution is -0.119. The highest BCUT2D eigenvalue weighted by molar-refractivity contribution is 6.17. The molecule has 1 amide bonds. The maximum absolute atomic E-state index is 11.0. The van der Waals surface area contributed by atoms with Crippen LogP contribution in [0.3, 0.4) is 0 Å². The van der Waals surface area contributed by atoms with Gasteiger partial charge in [-0.25, -0.2) is 19.9 Å². The van der Waals surface area contributed by atoms with Gasteiger partial charge in [-0.3, -0.25) is 10.2 Å². The van der Waals surface area contributed by atoms with Gasteiger partial charge in [0.25, 0.3) is 0 Å². The van der Waals surface area contributed by atoms with E-state index in [0.29, 0.717) is 40.1 Å². The fourth-order valence-corrected chi connectivity index (χ4v) is 4.54. The number of aromatic nitrogens is 5. The zero-order valence-corrected chi connectivity index (χ0v) is 20.8. The van der Waals surface area contributed by atoms with Gasteiger partial charge >= 0.3 is 0 Å². The van der Waals surface area contributed by atoms with E-state index in [1.807, 2.05) is 33.2 Å². The lowest BCUT2D eigenvalue weighted by atomic mass is 9.91. The van der Waals surface area contributed by atoms with Crippen molar-refractivity contribution in [2.24, 2.45) is 0 Å². The molecule has 11 nitrogen and oxygen atoms in total. The van der Waals surface area contributed by atoms with Gasteiger partial charge in [0.15, 0.2) is 11.6 Å². The number of nitrogens with zero attached hydrogens (tertiary/aromatic N) is 6. The van der Waals surface area contributed by atoms with Gasteiger partial charge in [0.2, 0.25) is 6.41 Å². The van der Waals surface area contributed by atoms with Crippen LogP contribution in [0.5, 0.6) is 0 Å². The van der Waals surface area contributed by atoms with E-state index < -0.39 is 0 Å². The van der Waals surface area contributed by atoms with Crippen molar-refractivity contribution in [3.05, 3.63) is 41.3 Å². The second kappa shape index (κ2) is 9.29. The summed E-state index contributed by atoms with van der Waals surface area (Å²) in [5.74, 6) is 2.35. The van der Waals surface area contributed by atoms with E-state index in [0.717, 1.165) is 50.7 Å². The summed E-state index contributed by atoms with van der Waals surface area (Å²) in [5.41, 5.74) is 8.32. The Bertz CT molecular complexity index is 1270. The summed E-state index contributed by atoms with van der Waals surface area (Å²) in [7, 11) is 0. The quantitative estimate of drug-likeness (QED) is 0.334. The zero-order valence-electron chi connectivity index (χ0n) is 20.8. The van der Waals surface area contributed by atoms with Gasteiger partial charge in [0.1, 0.15) is 23.7 Å². The molecule has 0 aromatic carbocycles. The molecule has 0 bridgehead atoms. The molecule has 0 radical (unpaired) electrons. The highest BCUT2D eigenvalue weighted by Gasteiger charge is 2.36. The standard InChI is InChI=1S/C25H31N9O2/c1-25(2,3)32-24-17(22(27)30-12-31-24)19(26)20-18(21(36-33-20)15-4-5-15)23-28-10-16(11-29-23)14-6-8-34(13-35)9-7-14/h10-15,26H,4-9H2,1-3H3,(H3,27,30,31,32). The Labute approximate surface area is 209 Å². The molecule has 0 spiro atoms. The maximum Gasteiger partial charge on any atom is 0.209 e. The van der Waals surface area contributed by atoms with E-state index in [2.05, 4.69) is 30.4 Å².